The van der Waals surface area contributed by atoms with E-state index in [0.717, 1.165) is 31.4 Å². The molecule has 1 aromatic heterocycles. The number of oxazole rings is 1. The first-order chi connectivity index (χ1) is 12.9. The van der Waals surface area contributed by atoms with Crippen LogP contribution in [0.25, 0.3) is 0 Å². The Morgan fingerprint density at radius 3 is 2.93 bits per heavy atom. The number of carbonyl (C=O) groups excluding carboxylic acids is 1. The van der Waals surface area contributed by atoms with E-state index >= 15 is 0 Å². The number of halogens is 3. The molecule has 1 N–H and O–H groups in total. The highest BCUT2D eigenvalue weighted by atomic mass is 19.4. The highest BCUT2D eigenvalue weighted by Crippen LogP contribution is 2.31. The molecule has 1 aliphatic rings. The summed E-state index contributed by atoms with van der Waals surface area (Å²) in [5.74, 6) is -0.284. The summed E-state index contributed by atoms with van der Waals surface area (Å²) < 4.78 is 54.0. The van der Waals surface area contributed by atoms with E-state index in [1.54, 1.807) is 0 Å². The van der Waals surface area contributed by atoms with Crippen LogP contribution in [0, 0.1) is 0 Å². The van der Waals surface area contributed by atoms with Gasteiger partial charge in [0.2, 0.25) is 5.89 Å². The van der Waals surface area contributed by atoms with Crippen LogP contribution in [0.3, 0.4) is 0 Å². The van der Waals surface area contributed by atoms with E-state index in [4.69, 9.17) is 13.9 Å². The van der Waals surface area contributed by atoms with Gasteiger partial charge in [0.1, 0.15) is 12.0 Å². The van der Waals surface area contributed by atoms with Gasteiger partial charge in [0, 0.05) is 13.2 Å². The lowest BCUT2D eigenvalue weighted by atomic mass is 10.1. The minimum Gasteiger partial charge on any atom is -0.484 e. The molecule has 0 spiro atoms. The van der Waals surface area contributed by atoms with Crippen LogP contribution in [-0.4, -0.2) is 30.1 Å². The van der Waals surface area contributed by atoms with E-state index in [1.165, 1.54) is 18.4 Å². The Labute approximate surface area is 153 Å². The third-order valence-corrected chi connectivity index (χ3v) is 4.07. The van der Waals surface area contributed by atoms with Crippen molar-refractivity contribution >= 4 is 5.91 Å². The van der Waals surface area contributed by atoms with Crippen LogP contribution in [0.1, 0.15) is 41.2 Å². The summed E-state index contributed by atoms with van der Waals surface area (Å²) in [5, 5.41) is 2.73. The van der Waals surface area contributed by atoms with Gasteiger partial charge in [0.05, 0.1) is 11.7 Å². The van der Waals surface area contributed by atoms with Crippen molar-refractivity contribution in [2.75, 3.05) is 13.2 Å². The van der Waals surface area contributed by atoms with Crippen LogP contribution in [0.2, 0.25) is 0 Å². The first-order valence-corrected chi connectivity index (χ1v) is 8.56. The van der Waals surface area contributed by atoms with Crippen molar-refractivity contribution in [3.8, 4) is 5.75 Å². The predicted molar refractivity (Wildman–Crippen MR) is 88.2 cm³/mol. The molecular formula is C18H19F3N2O4. The zero-order chi connectivity index (χ0) is 19.3. The van der Waals surface area contributed by atoms with Gasteiger partial charge in [-0.25, -0.2) is 4.98 Å². The van der Waals surface area contributed by atoms with Gasteiger partial charge in [-0.15, -0.1) is 0 Å². The number of rotatable bonds is 6. The maximum Gasteiger partial charge on any atom is 0.416 e. The largest absolute Gasteiger partial charge is 0.484 e. The van der Waals surface area contributed by atoms with Gasteiger partial charge >= 0.3 is 6.18 Å². The SMILES string of the molecule is O=C(NCC1CCCCO1)c1coc(COc2cccc(C(F)(F)F)c2)n1. The summed E-state index contributed by atoms with van der Waals surface area (Å²) in [6.07, 6.45) is -0.268. The quantitative estimate of drug-likeness (QED) is 0.824. The average Bonchev–Trinajstić information content (AvgIpc) is 3.14. The summed E-state index contributed by atoms with van der Waals surface area (Å²) in [6.45, 7) is 0.892. The lowest BCUT2D eigenvalue weighted by Crippen LogP contribution is -2.35. The van der Waals surface area contributed by atoms with E-state index in [1.807, 2.05) is 0 Å². The highest BCUT2D eigenvalue weighted by molar-refractivity contribution is 5.91. The van der Waals surface area contributed by atoms with E-state index < -0.39 is 17.6 Å². The van der Waals surface area contributed by atoms with Gasteiger partial charge in [-0.05, 0) is 37.5 Å². The van der Waals surface area contributed by atoms with Gasteiger partial charge in [-0.1, -0.05) is 6.07 Å². The molecule has 2 aromatic rings. The zero-order valence-electron chi connectivity index (χ0n) is 14.4. The molecule has 9 heteroatoms. The number of carbonyl (C=O) groups is 1. The molecule has 1 fully saturated rings. The van der Waals surface area contributed by atoms with E-state index in [0.29, 0.717) is 13.2 Å². The fourth-order valence-electron chi connectivity index (χ4n) is 2.65. The molecule has 1 saturated heterocycles. The number of amides is 1. The number of hydrogen-bond donors (Lipinski definition) is 1. The van der Waals surface area contributed by atoms with Crippen LogP contribution in [0.4, 0.5) is 13.2 Å². The van der Waals surface area contributed by atoms with Gasteiger partial charge in [0.15, 0.2) is 12.3 Å². The van der Waals surface area contributed by atoms with Gasteiger partial charge in [-0.2, -0.15) is 13.2 Å². The molecule has 1 unspecified atom stereocenters. The Kier molecular flexibility index (Phi) is 6.00. The zero-order valence-corrected chi connectivity index (χ0v) is 14.4. The maximum atomic E-state index is 12.7. The molecule has 0 aliphatic carbocycles. The number of nitrogens with one attached hydrogen (secondary N) is 1. The smallest absolute Gasteiger partial charge is 0.416 e. The van der Waals surface area contributed by atoms with Crippen LogP contribution >= 0.6 is 0 Å². The Hall–Kier alpha value is -2.55. The molecule has 1 aliphatic heterocycles. The van der Waals surface area contributed by atoms with Crippen molar-refractivity contribution in [1.29, 1.82) is 0 Å². The third-order valence-electron chi connectivity index (χ3n) is 4.07. The number of nitrogens with zero attached hydrogens (tertiary/aromatic N) is 1. The molecule has 146 valence electrons. The van der Waals surface area contributed by atoms with Crippen LogP contribution in [-0.2, 0) is 17.5 Å². The second-order valence-electron chi connectivity index (χ2n) is 6.14. The number of hydrogen-bond acceptors (Lipinski definition) is 5. The van der Waals surface area contributed by atoms with Crippen molar-refractivity contribution in [2.24, 2.45) is 0 Å². The number of ether oxygens (including phenoxy) is 2. The number of alkyl halides is 3. The molecule has 0 saturated carbocycles. The summed E-state index contributed by atoms with van der Waals surface area (Å²) in [6, 6.07) is 4.49. The average molecular weight is 384 g/mol. The molecule has 6 nitrogen and oxygen atoms in total. The van der Waals surface area contributed by atoms with Gasteiger partial charge < -0.3 is 19.2 Å². The predicted octanol–water partition coefficient (Wildman–Crippen LogP) is 3.57. The Morgan fingerprint density at radius 1 is 1.33 bits per heavy atom. The summed E-state index contributed by atoms with van der Waals surface area (Å²) in [5.41, 5.74) is -0.731. The lowest BCUT2D eigenvalue weighted by Gasteiger charge is -2.22. The molecule has 1 aromatic carbocycles. The van der Waals surface area contributed by atoms with Crippen molar-refractivity contribution in [1.82, 2.24) is 10.3 Å². The van der Waals surface area contributed by atoms with Crippen LogP contribution in [0.15, 0.2) is 34.9 Å². The molecule has 2 heterocycles. The fraction of sp³-hybridized carbons (Fsp3) is 0.444. The van der Waals surface area contributed by atoms with Crippen molar-refractivity contribution in [2.45, 2.75) is 38.1 Å². The van der Waals surface area contributed by atoms with E-state index in [2.05, 4.69) is 10.3 Å². The monoisotopic (exact) mass is 384 g/mol. The van der Waals surface area contributed by atoms with Crippen molar-refractivity contribution < 1.29 is 31.9 Å². The highest BCUT2D eigenvalue weighted by Gasteiger charge is 2.30. The second kappa shape index (κ2) is 8.43. The fourth-order valence-corrected chi connectivity index (χ4v) is 2.65. The Balaban J connectivity index is 1.51. The number of benzene rings is 1. The van der Waals surface area contributed by atoms with Crippen molar-refractivity contribution in [3.05, 3.63) is 47.7 Å². The lowest BCUT2D eigenvalue weighted by molar-refractivity contribution is -0.137. The first kappa shape index (κ1) is 19.2. The van der Waals surface area contributed by atoms with Gasteiger partial charge in [-0.3, -0.25) is 4.79 Å². The molecule has 1 atom stereocenters. The minimum absolute atomic E-state index is 0.00156. The maximum absolute atomic E-state index is 12.7. The van der Waals surface area contributed by atoms with Crippen LogP contribution < -0.4 is 10.1 Å². The first-order valence-electron chi connectivity index (χ1n) is 8.56. The topological polar surface area (TPSA) is 73.6 Å². The Morgan fingerprint density at radius 2 is 2.19 bits per heavy atom. The molecular weight excluding hydrogens is 365 g/mol. The normalized spacial score (nSPS) is 17.5. The third kappa shape index (κ3) is 5.46. The molecule has 0 bridgehead atoms. The molecule has 27 heavy (non-hydrogen) atoms. The molecule has 1 amide bonds. The van der Waals surface area contributed by atoms with E-state index in [-0.39, 0.29) is 30.0 Å². The van der Waals surface area contributed by atoms with Gasteiger partial charge in [0.25, 0.3) is 5.91 Å². The van der Waals surface area contributed by atoms with Crippen molar-refractivity contribution in [3.63, 3.8) is 0 Å². The summed E-state index contributed by atoms with van der Waals surface area (Å²) in [7, 11) is 0. The van der Waals surface area contributed by atoms with Crippen LogP contribution in [0.5, 0.6) is 5.75 Å². The second-order valence-corrected chi connectivity index (χ2v) is 6.14. The standard InChI is InChI=1S/C18H19F3N2O4/c19-18(20,21)12-4-3-6-13(8-12)26-11-16-23-15(10-27-16)17(24)22-9-14-5-1-2-7-25-14/h3-4,6,8,10,14H,1-2,5,7,9,11H2,(H,22,24). The van der Waals surface area contributed by atoms with E-state index in [9.17, 15) is 18.0 Å². The minimum atomic E-state index is -4.45. The Bertz CT molecular complexity index is 770. The molecule has 3 rings (SSSR count). The summed E-state index contributed by atoms with van der Waals surface area (Å²) in [4.78, 5) is 16.1. The number of aromatic nitrogens is 1. The molecule has 0 radical (unpaired) electrons. The summed E-state index contributed by atoms with van der Waals surface area (Å²) >= 11 is 0.